The molecule has 0 heterocycles. The summed E-state index contributed by atoms with van der Waals surface area (Å²) in [6.07, 6.45) is 0.485. The molecule has 0 bridgehead atoms. The van der Waals surface area contributed by atoms with E-state index in [1.165, 1.54) is 0 Å². The Balaban J connectivity index is 2.87. The quantitative estimate of drug-likeness (QED) is 0.821. The van der Waals surface area contributed by atoms with Crippen molar-refractivity contribution >= 4 is 5.97 Å². The zero-order valence-corrected chi connectivity index (χ0v) is 9.90. The third-order valence-electron chi connectivity index (χ3n) is 2.60. The Kier molecular flexibility index (Phi) is 3.70. The summed E-state index contributed by atoms with van der Waals surface area (Å²) >= 11 is 0. The van der Waals surface area contributed by atoms with Gasteiger partial charge < -0.3 is 10.2 Å². The molecule has 0 aliphatic rings. The summed E-state index contributed by atoms with van der Waals surface area (Å²) < 4.78 is 0. The average Bonchev–Trinajstić information content (AvgIpc) is 2.16. The third-order valence-corrected chi connectivity index (χ3v) is 2.60. The molecular formula is C13H18O3. The lowest BCUT2D eigenvalue weighted by Crippen LogP contribution is -2.16. The number of hydrogen-bond acceptors (Lipinski definition) is 2. The minimum atomic E-state index is -0.886. The zero-order valence-electron chi connectivity index (χ0n) is 9.90. The van der Waals surface area contributed by atoms with Crippen LogP contribution < -0.4 is 0 Å². The number of aliphatic carboxylic acids is 1. The van der Waals surface area contributed by atoms with Crippen molar-refractivity contribution in [2.45, 2.75) is 32.8 Å². The van der Waals surface area contributed by atoms with Crippen molar-refractivity contribution < 1.29 is 15.0 Å². The van der Waals surface area contributed by atoms with Gasteiger partial charge in [0.2, 0.25) is 0 Å². The molecule has 0 saturated carbocycles. The largest absolute Gasteiger partial charge is 0.481 e. The maximum Gasteiger partial charge on any atom is 0.306 e. The monoisotopic (exact) mass is 222 g/mol. The van der Waals surface area contributed by atoms with E-state index in [4.69, 9.17) is 5.11 Å². The van der Waals surface area contributed by atoms with Crippen LogP contribution in [-0.2, 0) is 16.8 Å². The van der Waals surface area contributed by atoms with Crippen LogP contribution in [0.5, 0.6) is 0 Å². The van der Waals surface area contributed by atoms with Gasteiger partial charge in [0.15, 0.2) is 0 Å². The van der Waals surface area contributed by atoms with Gasteiger partial charge in [-0.3, -0.25) is 4.79 Å². The molecule has 0 radical (unpaired) electrons. The molecule has 3 heteroatoms. The van der Waals surface area contributed by atoms with E-state index in [9.17, 15) is 9.90 Å². The summed E-state index contributed by atoms with van der Waals surface area (Å²) in [5.74, 6) is -1.20. The fourth-order valence-corrected chi connectivity index (χ4v) is 1.52. The van der Waals surface area contributed by atoms with E-state index >= 15 is 0 Å². The van der Waals surface area contributed by atoms with Crippen LogP contribution >= 0.6 is 0 Å². The van der Waals surface area contributed by atoms with E-state index in [0.717, 1.165) is 11.1 Å². The minimum absolute atomic E-state index is 0.406. The molecule has 1 rings (SSSR count). The maximum atomic E-state index is 10.7. The number of rotatable bonds is 4. The molecule has 16 heavy (non-hydrogen) atoms. The molecule has 1 atom stereocenters. The number of aliphatic hydroxyl groups is 1. The summed E-state index contributed by atoms with van der Waals surface area (Å²) in [6, 6.07) is 7.43. The maximum absolute atomic E-state index is 10.7. The molecule has 0 saturated heterocycles. The Morgan fingerprint density at radius 1 is 1.44 bits per heavy atom. The Hall–Kier alpha value is -1.35. The topological polar surface area (TPSA) is 57.5 Å². The summed E-state index contributed by atoms with van der Waals surface area (Å²) in [6.45, 7) is 5.11. The lowest BCUT2D eigenvalue weighted by atomic mass is 9.93. The van der Waals surface area contributed by atoms with Crippen LogP contribution in [0.1, 0.15) is 31.9 Å². The Labute approximate surface area is 95.7 Å². The number of carboxylic acid groups (broad SMARTS) is 1. The van der Waals surface area contributed by atoms with E-state index in [2.05, 4.69) is 0 Å². The number of benzene rings is 1. The highest BCUT2D eigenvalue weighted by molar-refractivity contribution is 5.69. The van der Waals surface area contributed by atoms with Gasteiger partial charge in [-0.2, -0.15) is 0 Å². The minimum Gasteiger partial charge on any atom is -0.481 e. The van der Waals surface area contributed by atoms with Gasteiger partial charge in [-0.15, -0.1) is 0 Å². The Morgan fingerprint density at radius 2 is 2.06 bits per heavy atom. The normalized spacial score (nSPS) is 13.5. The molecule has 3 nitrogen and oxygen atoms in total. The molecule has 0 amide bonds. The molecule has 0 fully saturated rings. The van der Waals surface area contributed by atoms with Crippen molar-refractivity contribution in [3.8, 4) is 0 Å². The third kappa shape index (κ3) is 3.35. The van der Waals surface area contributed by atoms with E-state index in [1.807, 2.05) is 24.3 Å². The predicted octanol–water partition coefficient (Wildman–Crippen LogP) is 2.18. The molecular weight excluding hydrogens is 204 g/mol. The number of hydrogen-bond donors (Lipinski definition) is 2. The van der Waals surface area contributed by atoms with Crippen molar-refractivity contribution in [2.75, 3.05) is 0 Å². The van der Waals surface area contributed by atoms with Crippen molar-refractivity contribution in [1.82, 2.24) is 0 Å². The number of carbonyl (C=O) groups is 1. The first kappa shape index (κ1) is 12.7. The van der Waals surface area contributed by atoms with Crippen molar-refractivity contribution in [1.29, 1.82) is 0 Å². The average molecular weight is 222 g/mol. The lowest BCUT2D eigenvalue weighted by Gasteiger charge is -2.18. The zero-order chi connectivity index (χ0) is 12.3. The molecule has 0 spiro atoms. The van der Waals surface area contributed by atoms with Crippen molar-refractivity contribution in [3.05, 3.63) is 35.4 Å². The Bertz CT molecular complexity index is 377. The summed E-state index contributed by atoms with van der Waals surface area (Å²) in [7, 11) is 0. The fourth-order valence-electron chi connectivity index (χ4n) is 1.52. The van der Waals surface area contributed by atoms with Crippen molar-refractivity contribution in [2.24, 2.45) is 5.92 Å². The van der Waals surface area contributed by atoms with Crippen LogP contribution in [0, 0.1) is 5.92 Å². The van der Waals surface area contributed by atoms with Gasteiger partial charge in [0.25, 0.3) is 0 Å². The second-order valence-corrected chi connectivity index (χ2v) is 4.70. The molecule has 0 aliphatic heterocycles. The second kappa shape index (κ2) is 4.66. The van der Waals surface area contributed by atoms with Gasteiger partial charge in [-0.05, 0) is 31.4 Å². The van der Waals surface area contributed by atoms with E-state index in [1.54, 1.807) is 20.8 Å². The van der Waals surface area contributed by atoms with Gasteiger partial charge >= 0.3 is 5.97 Å². The molecule has 1 aromatic carbocycles. The molecule has 0 aliphatic carbocycles. The lowest BCUT2D eigenvalue weighted by molar-refractivity contribution is -0.141. The first-order valence-electron chi connectivity index (χ1n) is 5.35. The van der Waals surface area contributed by atoms with Crippen LogP contribution in [0.2, 0.25) is 0 Å². The summed E-state index contributed by atoms with van der Waals surface area (Å²) in [5, 5.41) is 18.7. The molecule has 2 N–H and O–H groups in total. The van der Waals surface area contributed by atoms with Crippen LogP contribution in [-0.4, -0.2) is 16.2 Å². The van der Waals surface area contributed by atoms with Gasteiger partial charge in [-0.1, -0.05) is 31.2 Å². The van der Waals surface area contributed by atoms with Crippen LogP contribution in [0.25, 0.3) is 0 Å². The van der Waals surface area contributed by atoms with E-state index < -0.39 is 17.5 Å². The molecule has 0 aromatic heterocycles. The van der Waals surface area contributed by atoms with Gasteiger partial charge in [0.05, 0.1) is 11.5 Å². The van der Waals surface area contributed by atoms with Gasteiger partial charge in [-0.25, -0.2) is 0 Å². The van der Waals surface area contributed by atoms with Crippen LogP contribution in [0.3, 0.4) is 0 Å². The van der Waals surface area contributed by atoms with E-state index in [-0.39, 0.29) is 0 Å². The van der Waals surface area contributed by atoms with E-state index in [0.29, 0.717) is 6.42 Å². The highest BCUT2D eigenvalue weighted by Gasteiger charge is 2.17. The first-order valence-corrected chi connectivity index (χ1v) is 5.35. The highest BCUT2D eigenvalue weighted by Crippen LogP contribution is 2.21. The fraction of sp³-hybridized carbons (Fsp3) is 0.462. The SMILES string of the molecule is CC(Cc1cccc(C(C)(C)O)c1)C(=O)O. The van der Waals surface area contributed by atoms with Crippen LogP contribution in [0.15, 0.2) is 24.3 Å². The van der Waals surface area contributed by atoms with Gasteiger partial charge in [0.1, 0.15) is 0 Å². The standard InChI is InChI=1S/C13H18O3/c1-9(12(14)15)7-10-5-4-6-11(8-10)13(2,3)16/h4-6,8-9,16H,7H2,1-3H3,(H,14,15). The predicted molar refractivity (Wildman–Crippen MR) is 62.2 cm³/mol. The molecule has 1 unspecified atom stereocenters. The Morgan fingerprint density at radius 3 is 2.56 bits per heavy atom. The molecule has 88 valence electrons. The summed E-state index contributed by atoms with van der Waals surface area (Å²) in [4.78, 5) is 10.7. The summed E-state index contributed by atoms with van der Waals surface area (Å²) in [5.41, 5.74) is 0.861. The highest BCUT2D eigenvalue weighted by atomic mass is 16.4. The van der Waals surface area contributed by atoms with Crippen LogP contribution in [0.4, 0.5) is 0 Å². The van der Waals surface area contributed by atoms with Gasteiger partial charge in [0, 0.05) is 0 Å². The molecule has 1 aromatic rings. The smallest absolute Gasteiger partial charge is 0.306 e. The number of carboxylic acids is 1. The second-order valence-electron chi connectivity index (χ2n) is 4.70. The first-order chi connectivity index (χ1) is 7.30. The van der Waals surface area contributed by atoms with Crippen molar-refractivity contribution in [3.63, 3.8) is 0 Å².